The van der Waals surface area contributed by atoms with Crippen LogP contribution in [0.4, 0.5) is 0 Å². The number of amides is 1. The highest BCUT2D eigenvalue weighted by Crippen LogP contribution is 2.36. The Hall–Kier alpha value is -3.72. The van der Waals surface area contributed by atoms with Crippen LogP contribution in [0.25, 0.3) is 11.1 Å². The topological polar surface area (TPSA) is 90.3 Å². The standard InChI is InChI=1S/C26H27N3O3/c1-3-4-5-6-21-25(20-10-7-18(14-27)8-11-20)24(26(28)30)17(2)29(21)15-19-9-12-22-23(13-19)32-16-31-22/h7-13H,3-6,15-16H2,1-2H3,(H2,28,30). The predicted molar refractivity (Wildman–Crippen MR) is 123 cm³/mol. The molecule has 2 heterocycles. The van der Waals surface area contributed by atoms with E-state index in [4.69, 9.17) is 15.2 Å². The Morgan fingerprint density at radius 1 is 1.12 bits per heavy atom. The summed E-state index contributed by atoms with van der Waals surface area (Å²) in [6, 6.07) is 15.4. The zero-order valence-electron chi connectivity index (χ0n) is 18.5. The molecule has 32 heavy (non-hydrogen) atoms. The fraction of sp³-hybridized carbons (Fsp3) is 0.308. The monoisotopic (exact) mass is 429 g/mol. The van der Waals surface area contributed by atoms with Crippen LogP contribution < -0.4 is 15.2 Å². The van der Waals surface area contributed by atoms with Gasteiger partial charge in [0.25, 0.3) is 5.91 Å². The normalized spacial score (nSPS) is 12.0. The summed E-state index contributed by atoms with van der Waals surface area (Å²) in [4.78, 5) is 12.6. The number of rotatable bonds is 8. The number of hydrogen-bond donors (Lipinski definition) is 1. The van der Waals surface area contributed by atoms with E-state index in [2.05, 4.69) is 17.6 Å². The minimum absolute atomic E-state index is 0.234. The van der Waals surface area contributed by atoms with E-state index in [-0.39, 0.29) is 6.79 Å². The van der Waals surface area contributed by atoms with Gasteiger partial charge in [-0.15, -0.1) is 0 Å². The lowest BCUT2D eigenvalue weighted by molar-refractivity contribution is 0.1000. The van der Waals surface area contributed by atoms with E-state index in [9.17, 15) is 10.1 Å². The minimum atomic E-state index is -0.442. The molecule has 6 heteroatoms. The number of ether oxygens (including phenoxy) is 2. The molecule has 0 fully saturated rings. The highest BCUT2D eigenvalue weighted by molar-refractivity contribution is 6.02. The Labute approximate surface area is 188 Å². The van der Waals surface area contributed by atoms with Gasteiger partial charge in [-0.05, 0) is 55.2 Å². The van der Waals surface area contributed by atoms with Crippen molar-refractivity contribution in [3.63, 3.8) is 0 Å². The van der Waals surface area contributed by atoms with Crippen LogP contribution in [0.2, 0.25) is 0 Å². The number of fused-ring (bicyclic) bond motifs is 1. The smallest absolute Gasteiger partial charge is 0.251 e. The largest absolute Gasteiger partial charge is 0.454 e. The minimum Gasteiger partial charge on any atom is -0.454 e. The van der Waals surface area contributed by atoms with Gasteiger partial charge in [-0.1, -0.05) is 38.0 Å². The van der Waals surface area contributed by atoms with Crippen molar-refractivity contribution in [2.75, 3.05) is 6.79 Å². The fourth-order valence-corrected chi connectivity index (χ4v) is 4.36. The predicted octanol–water partition coefficient (Wildman–Crippen LogP) is 4.94. The number of primary amides is 1. The molecule has 1 aromatic heterocycles. The zero-order valence-corrected chi connectivity index (χ0v) is 18.5. The van der Waals surface area contributed by atoms with Gasteiger partial charge in [-0.3, -0.25) is 4.79 Å². The Kier molecular flexibility index (Phi) is 6.18. The van der Waals surface area contributed by atoms with Gasteiger partial charge in [-0.25, -0.2) is 0 Å². The van der Waals surface area contributed by atoms with Crippen LogP contribution in [0.3, 0.4) is 0 Å². The van der Waals surface area contributed by atoms with Crippen molar-refractivity contribution in [1.82, 2.24) is 4.57 Å². The highest BCUT2D eigenvalue weighted by Gasteiger charge is 2.25. The van der Waals surface area contributed by atoms with Gasteiger partial charge in [0.15, 0.2) is 11.5 Å². The molecule has 1 aliphatic rings. The third-order valence-electron chi connectivity index (χ3n) is 5.97. The van der Waals surface area contributed by atoms with Crippen molar-refractivity contribution in [2.24, 2.45) is 5.73 Å². The molecule has 3 aromatic rings. The van der Waals surface area contributed by atoms with Gasteiger partial charge in [0, 0.05) is 23.5 Å². The molecule has 0 bridgehead atoms. The number of aromatic nitrogens is 1. The molecule has 6 nitrogen and oxygen atoms in total. The van der Waals surface area contributed by atoms with Crippen molar-refractivity contribution in [3.05, 3.63) is 70.5 Å². The van der Waals surface area contributed by atoms with Crippen molar-refractivity contribution in [1.29, 1.82) is 5.26 Å². The summed E-state index contributed by atoms with van der Waals surface area (Å²) in [5.41, 5.74) is 11.8. The van der Waals surface area contributed by atoms with E-state index >= 15 is 0 Å². The van der Waals surface area contributed by atoms with Crippen LogP contribution in [0.5, 0.6) is 11.5 Å². The van der Waals surface area contributed by atoms with E-state index in [0.717, 1.165) is 65.3 Å². The van der Waals surface area contributed by atoms with Crippen LogP contribution >= 0.6 is 0 Å². The number of unbranched alkanes of at least 4 members (excludes halogenated alkanes) is 2. The van der Waals surface area contributed by atoms with Crippen LogP contribution in [-0.2, 0) is 13.0 Å². The van der Waals surface area contributed by atoms with Crippen molar-refractivity contribution >= 4 is 5.91 Å². The van der Waals surface area contributed by atoms with Gasteiger partial charge in [0.05, 0.1) is 17.2 Å². The summed E-state index contributed by atoms with van der Waals surface area (Å²) in [5, 5.41) is 9.17. The van der Waals surface area contributed by atoms with Gasteiger partial charge >= 0.3 is 0 Å². The molecule has 0 unspecified atom stereocenters. The maximum absolute atomic E-state index is 12.6. The molecule has 0 saturated carbocycles. The third kappa shape index (κ3) is 4.06. The molecular formula is C26H27N3O3. The van der Waals surface area contributed by atoms with Crippen LogP contribution in [0, 0.1) is 18.3 Å². The number of benzene rings is 2. The molecule has 1 amide bonds. The van der Waals surface area contributed by atoms with Crippen molar-refractivity contribution < 1.29 is 14.3 Å². The number of nitriles is 1. The first-order valence-corrected chi connectivity index (χ1v) is 10.9. The second-order valence-corrected chi connectivity index (χ2v) is 8.07. The summed E-state index contributed by atoms with van der Waals surface area (Å²) in [6.45, 7) is 4.95. The van der Waals surface area contributed by atoms with Gasteiger partial charge < -0.3 is 19.8 Å². The van der Waals surface area contributed by atoms with Crippen molar-refractivity contribution in [2.45, 2.75) is 46.1 Å². The summed E-state index contributed by atoms with van der Waals surface area (Å²) < 4.78 is 13.2. The van der Waals surface area contributed by atoms with Gasteiger partial charge in [0.2, 0.25) is 6.79 Å². The summed E-state index contributed by atoms with van der Waals surface area (Å²) >= 11 is 0. The van der Waals surface area contributed by atoms with E-state index in [1.165, 1.54) is 0 Å². The molecule has 2 N–H and O–H groups in total. The SMILES string of the molecule is CCCCCc1c(-c2ccc(C#N)cc2)c(C(N)=O)c(C)n1Cc1ccc2c(c1)OCO2. The van der Waals surface area contributed by atoms with E-state index in [1.54, 1.807) is 12.1 Å². The molecule has 0 radical (unpaired) electrons. The molecule has 2 aromatic carbocycles. The third-order valence-corrected chi connectivity index (χ3v) is 5.97. The van der Waals surface area contributed by atoms with E-state index in [1.807, 2.05) is 37.3 Å². The summed E-state index contributed by atoms with van der Waals surface area (Å²) in [6.07, 6.45) is 4.06. The number of carbonyl (C=O) groups is 1. The maximum Gasteiger partial charge on any atom is 0.251 e. The Balaban J connectivity index is 1.84. The van der Waals surface area contributed by atoms with Gasteiger partial charge in [0.1, 0.15) is 0 Å². The first-order valence-electron chi connectivity index (χ1n) is 10.9. The lowest BCUT2D eigenvalue weighted by Gasteiger charge is -2.14. The Bertz CT molecular complexity index is 1190. The van der Waals surface area contributed by atoms with Crippen LogP contribution in [0.15, 0.2) is 42.5 Å². The number of nitrogens with zero attached hydrogens (tertiary/aromatic N) is 2. The van der Waals surface area contributed by atoms with Gasteiger partial charge in [-0.2, -0.15) is 5.26 Å². The molecule has 1 aliphatic heterocycles. The lowest BCUT2D eigenvalue weighted by atomic mass is 9.96. The second-order valence-electron chi connectivity index (χ2n) is 8.07. The molecule has 0 atom stereocenters. The molecule has 0 saturated heterocycles. The number of nitrogens with two attached hydrogens (primary N) is 1. The zero-order chi connectivity index (χ0) is 22.7. The quantitative estimate of drug-likeness (QED) is 0.513. The highest BCUT2D eigenvalue weighted by atomic mass is 16.7. The first-order chi connectivity index (χ1) is 15.5. The molecule has 4 rings (SSSR count). The van der Waals surface area contributed by atoms with E-state index < -0.39 is 5.91 Å². The second kappa shape index (κ2) is 9.19. The number of hydrogen-bond acceptors (Lipinski definition) is 4. The Morgan fingerprint density at radius 3 is 2.56 bits per heavy atom. The lowest BCUT2D eigenvalue weighted by Crippen LogP contribution is -2.13. The number of carbonyl (C=O) groups excluding carboxylic acids is 1. The first kappa shape index (κ1) is 21.5. The molecule has 164 valence electrons. The maximum atomic E-state index is 12.6. The van der Waals surface area contributed by atoms with E-state index in [0.29, 0.717) is 17.7 Å². The fourth-order valence-electron chi connectivity index (χ4n) is 4.36. The Morgan fingerprint density at radius 2 is 1.88 bits per heavy atom. The van der Waals surface area contributed by atoms with Crippen LogP contribution in [-0.4, -0.2) is 17.3 Å². The summed E-state index contributed by atoms with van der Waals surface area (Å²) in [7, 11) is 0. The molecular weight excluding hydrogens is 402 g/mol. The van der Waals surface area contributed by atoms with Crippen LogP contribution in [0.1, 0.15) is 59.1 Å². The van der Waals surface area contributed by atoms with Crippen molar-refractivity contribution in [3.8, 4) is 28.7 Å². The molecule has 0 spiro atoms. The summed E-state index contributed by atoms with van der Waals surface area (Å²) in [5.74, 6) is 1.04. The average Bonchev–Trinajstić information content (AvgIpc) is 3.37. The molecule has 0 aliphatic carbocycles. The average molecular weight is 430 g/mol.